The average Bonchev–Trinajstić information content (AvgIpc) is 3.29. The summed E-state index contributed by atoms with van der Waals surface area (Å²) in [5.41, 5.74) is 5.95. The summed E-state index contributed by atoms with van der Waals surface area (Å²) in [7, 11) is 0. The van der Waals surface area contributed by atoms with Gasteiger partial charge in [0.1, 0.15) is 11.5 Å². The fourth-order valence-electron chi connectivity index (χ4n) is 3.38. The fourth-order valence-corrected chi connectivity index (χ4v) is 3.38. The number of nitrogens with zero attached hydrogens (tertiary/aromatic N) is 1. The lowest BCUT2D eigenvalue weighted by molar-refractivity contribution is 0.320. The maximum absolute atomic E-state index is 5.99. The Morgan fingerprint density at radius 3 is 2.59 bits per heavy atom. The van der Waals surface area contributed by atoms with Crippen molar-refractivity contribution >= 4 is 5.57 Å². The van der Waals surface area contributed by atoms with Crippen LogP contribution in [0.2, 0.25) is 0 Å². The van der Waals surface area contributed by atoms with Crippen molar-refractivity contribution in [3.8, 4) is 17.2 Å². The number of hydrogen-bond donors (Lipinski definition) is 1. The minimum Gasteiger partial charge on any atom is -0.493 e. The van der Waals surface area contributed by atoms with Gasteiger partial charge in [0, 0.05) is 25.1 Å². The first-order chi connectivity index (χ1) is 13.2. The van der Waals surface area contributed by atoms with Crippen LogP contribution in [0.1, 0.15) is 23.9 Å². The number of aromatic nitrogens is 1. The van der Waals surface area contributed by atoms with Gasteiger partial charge >= 0.3 is 0 Å². The van der Waals surface area contributed by atoms with Gasteiger partial charge in [0.25, 0.3) is 0 Å². The lowest BCUT2D eigenvalue weighted by atomic mass is 10.0. The molecule has 2 aromatic carbocycles. The molecule has 4 rings (SSSR count). The molecule has 4 heteroatoms. The van der Waals surface area contributed by atoms with E-state index in [9.17, 15) is 0 Å². The highest BCUT2D eigenvalue weighted by atomic mass is 16.5. The van der Waals surface area contributed by atoms with Crippen LogP contribution in [0.3, 0.4) is 0 Å². The van der Waals surface area contributed by atoms with Crippen molar-refractivity contribution in [2.24, 2.45) is 0 Å². The molecule has 0 amide bonds. The van der Waals surface area contributed by atoms with E-state index in [-0.39, 0.29) is 0 Å². The summed E-state index contributed by atoms with van der Waals surface area (Å²) >= 11 is 0. The lowest BCUT2D eigenvalue weighted by Gasteiger charge is -2.09. The van der Waals surface area contributed by atoms with E-state index in [1.165, 1.54) is 16.7 Å². The Hall–Kier alpha value is -2.85. The van der Waals surface area contributed by atoms with Crippen LogP contribution >= 0.6 is 0 Å². The Labute approximate surface area is 159 Å². The van der Waals surface area contributed by atoms with Crippen molar-refractivity contribution in [2.45, 2.75) is 20.3 Å². The highest BCUT2D eigenvalue weighted by molar-refractivity contribution is 5.72. The summed E-state index contributed by atoms with van der Waals surface area (Å²) in [5.74, 6) is 2.41. The SMILES string of the molecule is CC1=C(c2cccc(OCCc3nc(-c4ccccc4)oc3C)c2)CNC1. The maximum Gasteiger partial charge on any atom is 0.226 e. The van der Waals surface area contributed by atoms with Crippen LogP contribution < -0.4 is 10.1 Å². The van der Waals surface area contributed by atoms with E-state index >= 15 is 0 Å². The number of benzene rings is 2. The lowest BCUT2D eigenvalue weighted by Crippen LogP contribution is -2.08. The molecule has 0 fully saturated rings. The third-order valence-electron chi connectivity index (χ3n) is 4.91. The first-order valence-corrected chi connectivity index (χ1v) is 9.35. The predicted molar refractivity (Wildman–Crippen MR) is 108 cm³/mol. The average molecular weight is 360 g/mol. The van der Waals surface area contributed by atoms with E-state index in [0.29, 0.717) is 12.5 Å². The van der Waals surface area contributed by atoms with E-state index in [1.807, 2.05) is 43.3 Å². The van der Waals surface area contributed by atoms with Gasteiger partial charge in [-0.1, -0.05) is 35.9 Å². The van der Waals surface area contributed by atoms with Crippen LogP contribution in [0.5, 0.6) is 5.75 Å². The van der Waals surface area contributed by atoms with Gasteiger partial charge in [-0.05, 0) is 49.2 Å². The Morgan fingerprint density at radius 2 is 1.81 bits per heavy atom. The van der Waals surface area contributed by atoms with Crippen molar-refractivity contribution in [3.63, 3.8) is 0 Å². The van der Waals surface area contributed by atoms with E-state index in [2.05, 4.69) is 35.4 Å². The van der Waals surface area contributed by atoms with Gasteiger partial charge in [-0.25, -0.2) is 4.98 Å². The van der Waals surface area contributed by atoms with Crippen LogP contribution in [-0.4, -0.2) is 24.7 Å². The third kappa shape index (κ3) is 3.96. The molecule has 0 saturated carbocycles. The molecule has 0 radical (unpaired) electrons. The molecule has 0 bridgehead atoms. The zero-order chi connectivity index (χ0) is 18.6. The van der Waals surface area contributed by atoms with Crippen molar-refractivity contribution in [2.75, 3.05) is 19.7 Å². The van der Waals surface area contributed by atoms with Gasteiger partial charge in [0.2, 0.25) is 5.89 Å². The van der Waals surface area contributed by atoms with Crippen LogP contribution in [0.25, 0.3) is 17.0 Å². The zero-order valence-corrected chi connectivity index (χ0v) is 15.8. The molecule has 0 unspecified atom stereocenters. The van der Waals surface area contributed by atoms with Gasteiger partial charge in [0.15, 0.2) is 0 Å². The molecule has 0 atom stereocenters. The molecule has 1 aromatic heterocycles. The molecule has 1 aliphatic rings. The molecule has 1 N–H and O–H groups in total. The van der Waals surface area contributed by atoms with Crippen molar-refractivity contribution in [1.82, 2.24) is 10.3 Å². The van der Waals surface area contributed by atoms with Gasteiger partial charge in [-0.15, -0.1) is 0 Å². The third-order valence-corrected chi connectivity index (χ3v) is 4.91. The Kier molecular flexibility index (Phi) is 5.07. The van der Waals surface area contributed by atoms with E-state index < -0.39 is 0 Å². The minimum atomic E-state index is 0.571. The number of rotatable bonds is 6. The molecular weight excluding hydrogens is 336 g/mol. The highest BCUT2D eigenvalue weighted by Gasteiger charge is 2.13. The number of oxazole rings is 1. The second-order valence-electron chi connectivity index (χ2n) is 6.88. The van der Waals surface area contributed by atoms with Crippen molar-refractivity contribution < 1.29 is 9.15 Å². The summed E-state index contributed by atoms with van der Waals surface area (Å²) in [6.45, 7) is 6.60. The highest BCUT2D eigenvalue weighted by Crippen LogP contribution is 2.25. The van der Waals surface area contributed by atoms with Gasteiger partial charge in [-0.3, -0.25) is 0 Å². The van der Waals surface area contributed by atoms with Gasteiger partial charge in [0.05, 0.1) is 12.3 Å². The first-order valence-electron chi connectivity index (χ1n) is 9.35. The quantitative estimate of drug-likeness (QED) is 0.695. The second-order valence-corrected chi connectivity index (χ2v) is 6.88. The normalized spacial score (nSPS) is 14.0. The topological polar surface area (TPSA) is 47.3 Å². The zero-order valence-electron chi connectivity index (χ0n) is 15.8. The van der Waals surface area contributed by atoms with Gasteiger partial charge in [-0.2, -0.15) is 0 Å². The standard InChI is InChI=1S/C23H24N2O2/c1-16-14-24-15-21(16)19-9-6-10-20(13-19)26-12-11-22-17(2)27-23(25-22)18-7-4-3-5-8-18/h3-10,13,24H,11-12,14-15H2,1-2H3. The molecular formula is C23H24N2O2. The smallest absolute Gasteiger partial charge is 0.226 e. The van der Waals surface area contributed by atoms with Crippen LogP contribution in [0, 0.1) is 6.92 Å². The Morgan fingerprint density at radius 1 is 1.00 bits per heavy atom. The van der Waals surface area contributed by atoms with Crippen LogP contribution in [0.15, 0.2) is 64.6 Å². The maximum atomic E-state index is 5.99. The van der Waals surface area contributed by atoms with E-state index in [0.717, 1.165) is 42.3 Å². The molecule has 138 valence electrons. The predicted octanol–water partition coefficient (Wildman–Crippen LogP) is 4.65. The Balaban J connectivity index is 1.41. The molecule has 0 saturated heterocycles. The number of hydrogen-bond acceptors (Lipinski definition) is 4. The molecule has 2 heterocycles. The molecule has 1 aliphatic heterocycles. The molecule has 4 nitrogen and oxygen atoms in total. The van der Waals surface area contributed by atoms with E-state index in [4.69, 9.17) is 9.15 Å². The summed E-state index contributed by atoms with van der Waals surface area (Å²) in [5, 5.41) is 3.39. The number of aryl methyl sites for hydroxylation is 1. The minimum absolute atomic E-state index is 0.571. The largest absolute Gasteiger partial charge is 0.493 e. The summed E-state index contributed by atoms with van der Waals surface area (Å²) in [6.07, 6.45) is 0.718. The number of ether oxygens (including phenoxy) is 1. The molecule has 3 aromatic rings. The first kappa shape index (κ1) is 17.6. The second kappa shape index (κ2) is 7.80. The van der Waals surface area contributed by atoms with Gasteiger partial charge < -0.3 is 14.5 Å². The number of nitrogens with one attached hydrogen (secondary N) is 1. The van der Waals surface area contributed by atoms with Crippen molar-refractivity contribution in [3.05, 3.63) is 77.2 Å². The summed E-state index contributed by atoms with van der Waals surface area (Å²) in [6, 6.07) is 18.3. The monoisotopic (exact) mass is 360 g/mol. The van der Waals surface area contributed by atoms with E-state index in [1.54, 1.807) is 0 Å². The Bertz CT molecular complexity index is 958. The molecule has 0 spiro atoms. The molecule has 27 heavy (non-hydrogen) atoms. The van der Waals surface area contributed by atoms with Crippen LogP contribution in [-0.2, 0) is 6.42 Å². The van der Waals surface area contributed by atoms with Crippen LogP contribution in [0.4, 0.5) is 0 Å². The van der Waals surface area contributed by atoms with Crippen molar-refractivity contribution in [1.29, 1.82) is 0 Å². The summed E-state index contributed by atoms with van der Waals surface area (Å²) < 4.78 is 11.8. The fraction of sp³-hybridized carbons (Fsp3) is 0.261. The summed E-state index contributed by atoms with van der Waals surface area (Å²) in [4.78, 5) is 4.64. The molecule has 0 aliphatic carbocycles.